The molecule has 9 heteroatoms. The van der Waals surface area contributed by atoms with E-state index < -0.39 is 5.91 Å². The smallest absolute Gasteiger partial charge is 0.283 e. The van der Waals surface area contributed by atoms with E-state index in [9.17, 15) is 13.6 Å². The molecular weight excluding hydrogens is 444 g/mol. The molecule has 0 atom stereocenters. The zero-order valence-electron chi connectivity index (χ0n) is 17.6. The lowest BCUT2D eigenvalue weighted by Crippen LogP contribution is -2.35. The van der Waals surface area contributed by atoms with Gasteiger partial charge in [0.05, 0.1) is 5.57 Å². The molecule has 0 bridgehead atoms. The van der Waals surface area contributed by atoms with Crippen molar-refractivity contribution in [2.45, 2.75) is 13.8 Å². The van der Waals surface area contributed by atoms with Gasteiger partial charge in [0.2, 0.25) is 5.17 Å². The van der Waals surface area contributed by atoms with Crippen LogP contribution in [0, 0.1) is 30.9 Å². The van der Waals surface area contributed by atoms with Gasteiger partial charge in [-0.25, -0.2) is 8.78 Å². The molecule has 2 aromatic carbocycles. The number of nitrogens with zero attached hydrogens (tertiary/aromatic N) is 4. The van der Waals surface area contributed by atoms with Gasteiger partial charge in [0.15, 0.2) is 5.84 Å². The van der Waals surface area contributed by atoms with Crippen molar-refractivity contribution in [3.8, 4) is 5.69 Å². The quantitative estimate of drug-likeness (QED) is 0.556. The topological polar surface area (TPSA) is 73.8 Å². The maximum atomic E-state index is 13.7. The molecule has 0 aliphatic carbocycles. The Labute approximate surface area is 192 Å². The fraction of sp³-hybridized carbons (Fsp3) is 0.0833. The van der Waals surface area contributed by atoms with E-state index in [1.54, 1.807) is 30.3 Å². The number of amidine groups is 2. The van der Waals surface area contributed by atoms with Crippen LogP contribution in [0.2, 0.25) is 0 Å². The number of thioether (sulfide) groups is 1. The molecular formula is C24H17F2N5OS. The molecule has 3 aromatic rings. The average molecular weight is 461 g/mol. The minimum atomic E-state index is -0.537. The first-order chi connectivity index (χ1) is 15.8. The lowest BCUT2D eigenvalue weighted by molar-refractivity contribution is -0.114. The molecule has 2 aliphatic heterocycles. The summed E-state index contributed by atoms with van der Waals surface area (Å²) in [7, 11) is 0. The molecule has 164 valence electrons. The Kier molecular flexibility index (Phi) is 5.05. The number of carbonyl (C=O) groups is 1. The van der Waals surface area contributed by atoms with E-state index in [2.05, 4.69) is 10.1 Å². The summed E-state index contributed by atoms with van der Waals surface area (Å²) >= 11 is 1.15. The Hall–Kier alpha value is -3.85. The minimum absolute atomic E-state index is 0.0924. The Bertz CT molecular complexity index is 1420. The molecule has 0 radical (unpaired) electrons. The zero-order chi connectivity index (χ0) is 23.3. The number of carbonyl (C=O) groups excluding carboxylic acids is 1. The fourth-order valence-electron chi connectivity index (χ4n) is 3.80. The molecule has 33 heavy (non-hydrogen) atoms. The average Bonchev–Trinajstić information content (AvgIpc) is 3.32. The maximum absolute atomic E-state index is 13.7. The third-order valence-electron chi connectivity index (χ3n) is 5.38. The number of aryl methyl sites for hydroxylation is 1. The summed E-state index contributed by atoms with van der Waals surface area (Å²) in [5.41, 5.74) is 3.82. The normalized spacial score (nSPS) is 16.8. The highest BCUT2D eigenvalue weighted by molar-refractivity contribution is 8.27. The highest BCUT2D eigenvalue weighted by Crippen LogP contribution is 2.32. The van der Waals surface area contributed by atoms with Crippen molar-refractivity contribution in [1.82, 2.24) is 9.58 Å². The van der Waals surface area contributed by atoms with Gasteiger partial charge >= 0.3 is 0 Å². The molecule has 5 rings (SSSR count). The van der Waals surface area contributed by atoms with Gasteiger partial charge in [-0.05, 0) is 85.8 Å². The van der Waals surface area contributed by atoms with Crippen molar-refractivity contribution in [2.75, 3.05) is 0 Å². The van der Waals surface area contributed by atoms with Crippen molar-refractivity contribution in [1.29, 1.82) is 5.41 Å². The first-order valence-corrected chi connectivity index (χ1v) is 10.8. The zero-order valence-corrected chi connectivity index (χ0v) is 18.5. The van der Waals surface area contributed by atoms with Crippen LogP contribution in [-0.4, -0.2) is 31.5 Å². The predicted molar refractivity (Wildman–Crippen MR) is 126 cm³/mol. The van der Waals surface area contributed by atoms with Crippen molar-refractivity contribution >= 4 is 39.8 Å². The molecule has 0 fully saturated rings. The minimum Gasteiger partial charge on any atom is -0.318 e. The molecule has 0 saturated carbocycles. The van der Waals surface area contributed by atoms with Gasteiger partial charge in [0.1, 0.15) is 16.7 Å². The molecule has 0 spiro atoms. The van der Waals surface area contributed by atoms with Crippen LogP contribution in [0.5, 0.6) is 0 Å². The number of hydrogen-bond donors (Lipinski definition) is 1. The molecule has 1 N–H and O–H groups in total. The standard InChI is InChI=1S/C24H17F2N5OS/c1-13-10-16(14(2)30(13)19-5-3-4-18(26)12-19)11-20-21(27)31-24(28-22(20)32)33-23(29-31)15-6-8-17(25)9-7-15/h3-12,27H,1-2H3/b20-11+,27-21?. The molecule has 6 nitrogen and oxygen atoms in total. The molecule has 2 aliphatic rings. The first kappa shape index (κ1) is 21.0. The van der Waals surface area contributed by atoms with Gasteiger partial charge in [-0.1, -0.05) is 6.07 Å². The highest BCUT2D eigenvalue weighted by Gasteiger charge is 2.36. The first-order valence-electron chi connectivity index (χ1n) is 10.0. The van der Waals surface area contributed by atoms with Gasteiger partial charge in [0.25, 0.3) is 5.91 Å². The van der Waals surface area contributed by atoms with Gasteiger partial charge in [-0.15, -0.1) is 0 Å². The Morgan fingerprint density at radius 1 is 1.03 bits per heavy atom. The van der Waals surface area contributed by atoms with Crippen LogP contribution in [0.4, 0.5) is 8.78 Å². The van der Waals surface area contributed by atoms with Crippen LogP contribution in [0.1, 0.15) is 22.5 Å². The number of hydrazone groups is 1. The summed E-state index contributed by atoms with van der Waals surface area (Å²) in [6, 6.07) is 14.0. The van der Waals surface area contributed by atoms with Crippen LogP contribution in [0.25, 0.3) is 11.8 Å². The number of aromatic nitrogens is 1. The predicted octanol–water partition coefficient (Wildman–Crippen LogP) is 5.04. The van der Waals surface area contributed by atoms with Gasteiger partial charge in [0, 0.05) is 22.6 Å². The van der Waals surface area contributed by atoms with Gasteiger partial charge in [-0.3, -0.25) is 10.2 Å². The lowest BCUT2D eigenvalue weighted by Gasteiger charge is -2.20. The van der Waals surface area contributed by atoms with E-state index in [-0.39, 0.29) is 28.2 Å². The number of benzene rings is 2. The number of nitrogens with one attached hydrogen (secondary N) is 1. The second-order valence-electron chi connectivity index (χ2n) is 7.57. The van der Waals surface area contributed by atoms with Crippen molar-refractivity contribution < 1.29 is 13.6 Å². The summed E-state index contributed by atoms with van der Waals surface area (Å²) in [6.07, 6.45) is 1.61. The van der Waals surface area contributed by atoms with E-state index in [4.69, 9.17) is 5.41 Å². The van der Waals surface area contributed by atoms with Gasteiger partial charge in [-0.2, -0.15) is 15.1 Å². The number of aliphatic imine (C=N–C) groups is 1. The van der Waals surface area contributed by atoms with Crippen molar-refractivity contribution in [3.05, 3.63) is 94.3 Å². The van der Waals surface area contributed by atoms with Gasteiger partial charge < -0.3 is 4.57 Å². The third kappa shape index (κ3) is 3.70. The number of amides is 1. The Morgan fingerprint density at radius 3 is 2.52 bits per heavy atom. The Morgan fingerprint density at radius 2 is 1.79 bits per heavy atom. The third-order valence-corrected chi connectivity index (χ3v) is 6.34. The number of rotatable bonds is 3. The van der Waals surface area contributed by atoms with E-state index in [1.807, 2.05) is 24.5 Å². The largest absolute Gasteiger partial charge is 0.318 e. The summed E-state index contributed by atoms with van der Waals surface area (Å²) in [4.78, 5) is 16.9. The second-order valence-corrected chi connectivity index (χ2v) is 8.53. The monoisotopic (exact) mass is 461 g/mol. The van der Waals surface area contributed by atoms with E-state index in [1.165, 1.54) is 29.3 Å². The van der Waals surface area contributed by atoms with E-state index in [0.29, 0.717) is 16.3 Å². The molecule has 3 heterocycles. The number of hydrogen-bond acceptors (Lipinski definition) is 4. The summed E-state index contributed by atoms with van der Waals surface area (Å²) < 4.78 is 28.9. The number of fused-ring (bicyclic) bond motifs is 1. The SMILES string of the molecule is Cc1cc(/C=C2\C(=N)N3N=C(c4ccc(F)cc4)SC3=NC2=O)c(C)n1-c1cccc(F)c1. The Balaban J connectivity index is 1.51. The van der Waals surface area contributed by atoms with Crippen LogP contribution < -0.4 is 0 Å². The number of halogens is 2. The van der Waals surface area contributed by atoms with Crippen molar-refractivity contribution in [2.24, 2.45) is 10.1 Å². The second kappa shape index (κ2) is 7.93. The van der Waals surface area contributed by atoms with Crippen LogP contribution in [0.3, 0.4) is 0 Å². The van der Waals surface area contributed by atoms with Crippen LogP contribution in [-0.2, 0) is 4.79 Å². The maximum Gasteiger partial charge on any atom is 0.283 e. The molecule has 1 amide bonds. The molecule has 0 unspecified atom stereocenters. The van der Waals surface area contributed by atoms with Crippen molar-refractivity contribution in [3.63, 3.8) is 0 Å². The van der Waals surface area contributed by atoms with E-state index in [0.717, 1.165) is 28.7 Å². The van der Waals surface area contributed by atoms with Crippen LogP contribution in [0.15, 0.2) is 70.3 Å². The summed E-state index contributed by atoms with van der Waals surface area (Å²) in [6.45, 7) is 3.76. The summed E-state index contributed by atoms with van der Waals surface area (Å²) in [5, 5.41) is 15.1. The molecule has 0 saturated heterocycles. The fourth-order valence-corrected chi connectivity index (χ4v) is 4.70. The van der Waals surface area contributed by atoms with E-state index >= 15 is 0 Å². The highest BCUT2D eigenvalue weighted by atomic mass is 32.2. The van der Waals surface area contributed by atoms with Crippen LogP contribution >= 0.6 is 11.8 Å². The lowest BCUT2D eigenvalue weighted by atomic mass is 10.1. The molecule has 1 aromatic heterocycles. The summed E-state index contributed by atoms with van der Waals surface area (Å²) in [5.74, 6) is -1.33.